The number of rotatable bonds is 10. The number of nitrogens with one attached hydrogen (secondary N) is 1. The Bertz CT molecular complexity index is 508. The normalized spacial score (nSPS) is 13.0. The summed E-state index contributed by atoms with van der Waals surface area (Å²) in [5.41, 5.74) is 0. The number of carbonyl (C=O) groups excluding carboxylic acids is 3. The van der Waals surface area contributed by atoms with Gasteiger partial charge in [-0.3, -0.25) is 9.59 Å². The smallest absolute Gasteiger partial charge is 0.464 e. The average Bonchev–Trinajstić information content (AvgIpc) is 2.54. The molecule has 0 heterocycles. The number of halogens is 6. The fraction of sp³-hybridized carbons (Fsp3) is 0.800. The van der Waals surface area contributed by atoms with Crippen LogP contribution in [0.3, 0.4) is 0 Å². The number of likely N-dealkylation sites (N-methyl/N-ethyl adjacent to an activating group) is 1. The number of carbonyl (C=O) groups is 3. The standard InChI is InChI=1S/C15H22F6N2O4/c1-3-4-9-27-11(24)10(23(2)13(26)15(19,20)21)7-5-6-8-22-12(25)14(16,17)18/h10H,3-9H2,1-2H3,(H,22,25). The molecule has 0 bridgehead atoms. The van der Waals surface area contributed by atoms with Crippen molar-refractivity contribution >= 4 is 17.8 Å². The first kappa shape index (κ1) is 25.0. The van der Waals surface area contributed by atoms with Gasteiger partial charge >= 0.3 is 30.1 Å². The van der Waals surface area contributed by atoms with Gasteiger partial charge in [-0.25, -0.2) is 4.79 Å². The predicted molar refractivity (Wildman–Crippen MR) is 81.4 cm³/mol. The van der Waals surface area contributed by atoms with E-state index in [-0.39, 0.29) is 37.3 Å². The van der Waals surface area contributed by atoms with Crippen molar-refractivity contribution in [2.75, 3.05) is 20.2 Å². The molecule has 1 atom stereocenters. The highest BCUT2D eigenvalue weighted by Crippen LogP contribution is 2.21. The first-order valence-corrected chi connectivity index (χ1v) is 8.18. The van der Waals surface area contributed by atoms with Crippen molar-refractivity contribution in [3.63, 3.8) is 0 Å². The number of hydrogen-bond donors (Lipinski definition) is 1. The number of ether oxygens (including phenoxy) is 1. The Morgan fingerprint density at radius 1 is 1.00 bits per heavy atom. The molecule has 0 aliphatic heterocycles. The van der Waals surface area contributed by atoms with E-state index < -0.39 is 36.2 Å². The first-order chi connectivity index (χ1) is 12.3. The summed E-state index contributed by atoms with van der Waals surface area (Å²) in [6.45, 7) is 1.40. The Kier molecular flexibility index (Phi) is 10.2. The van der Waals surface area contributed by atoms with E-state index in [4.69, 9.17) is 4.74 Å². The van der Waals surface area contributed by atoms with Crippen LogP contribution in [0.15, 0.2) is 0 Å². The van der Waals surface area contributed by atoms with Gasteiger partial charge < -0.3 is 15.0 Å². The van der Waals surface area contributed by atoms with Crippen LogP contribution < -0.4 is 5.32 Å². The lowest BCUT2D eigenvalue weighted by molar-refractivity contribution is -0.188. The third-order valence-electron chi connectivity index (χ3n) is 3.49. The summed E-state index contributed by atoms with van der Waals surface area (Å²) >= 11 is 0. The number of nitrogens with zero attached hydrogens (tertiary/aromatic N) is 1. The third-order valence-corrected chi connectivity index (χ3v) is 3.49. The van der Waals surface area contributed by atoms with E-state index in [0.717, 1.165) is 7.05 Å². The lowest BCUT2D eigenvalue weighted by atomic mass is 10.1. The Morgan fingerprint density at radius 2 is 1.59 bits per heavy atom. The van der Waals surface area contributed by atoms with Crippen LogP contribution in [-0.2, 0) is 19.1 Å². The minimum atomic E-state index is -5.18. The van der Waals surface area contributed by atoms with Crippen molar-refractivity contribution in [3.05, 3.63) is 0 Å². The molecule has 0 rings (SSSR count). The first-order valence-electron chi connectivity index (χ1n) is 8.18. The molecule has 0 fully saturated rings. The van der Waals surface area contributed by atoms with Crippen LogP contribution in [0, 0.1) is 0 Å². The summed E-state index contributed by atoms with van der Waals surface area (Å²) in [5.74, 6) is -5.39. The number of hydrogen-bond acceptors (Lipinski definition) is 4. The van der Waals surface area contributed by atoms with E-state index in [1.807, 2.05) is 0 Å². The monoisotopic (exact) mass is 408 g/mol. The van der Waals surface area contributed by atoms with Crippen molar-refractivity contribution in [1.29, 1.82) is 0 Å². The zero-order valence-corrected chi connectivity index (χ0v) is 14.9. The highest BCUT2D eigenvalue weighted by Gasteiger charge is 2.44. The van der Waals surface area contributed by atoms with Crippen molar-refractivity contribution in [2.24, 2.45) is 0 Å². The van der Waals surface area contributed by atoms with Crippen molar-refractivity contribution in [3.8, 4) is 0 Å². The maximum Gasteiger partial charge on any atom is 0.471 e. The van der Waals surface area contributed by atoms with Gasteiger partial charge in [-0.1, -0.05) is 13.3 Å². The second kappa shape index (κ2) is 11.0. The third kappa shape index (κ3) is 9.48. The predicted octanol–water partition coefficient (Wildman–Crippen LogP) is 2.57. The zero-order chi connectivity index (χ0) is 21.3. The van der Waals surface area contributed by atoms with Gasteiger partial charge in [0.2, 0.25) is 0 Å². The average molecular weight is 408 g/mol. The fourth-order valence-corrected chi connectivity index (χ4v) is 1.99. The van der Waals surface area contributed by atoms with Gasteiger partial charge in [-0.2, -0.15) is 26.3 Å². The molecule has 158 valence electrons. The molecular weight excluding hydrogens is 386 g/mol. The zero-order valence-electron chi connectivity index (χ0n) is 14.9. The Balaban J connectivity index is 4.74. The SMILES string of the molecule is CCCCOC(=O)C(CCCCNC(=O)C(F)(F)F)N(C)C(=O)C(F)(F)F. The van der Waals surface area contributed by atoms with Crippen molar-refractivity contribution in [1.82, 2.24) is 10.2 Å². The van der Waals surface area contributed by atoms with Crippen LogP contribution in [-0.4, -0.2) is 61.3 Å². The van der Waals surface area contributed by atoms with Gasteiger partial charge in [-0.15, -0.1) is 0 Å². The lowest BCUT2D eigenvalue weighted by Gasteiger charge is -2.27. The minimum absolute atomic E-state index is 0.0127. The second-order valence-electron chi connectivity index (χ2n) is 5.70. The molecule has 2 amide bonds. The topological polar surface area (TPSA) is 75.7 Å². The second-order valence-corrected chi connectivity index (χ2v) is 5.70. The molecule has 12 heteroatoms. The Hall–Kier alpha value is -2.01. The molecule has 0 aromatic rings. The van der Waals surface area contributed by atoms with Crippen LogP contribution in [0.2, 0.25) is 0 Å². The van der Waals surface area contributed by atoms with Crippen LogP contribution >= 0.6 is 0 Å². The quantitative estimate of drug-likeness (QED) is 0.343. The van der Waals surface area contributed by atoms with Gasteiger partial charge in [0.15, 0.2) is 0 Å². The molecule has 0 saturated carbocycles. The highest BCUT2D eigenvalue weighted by molar-refractivity contribution is 5.87. The van der Waals surface area contributed by atoms with E-state index in [1.165, 1.54) is 0 Å². The molecule has 0 saturated heterocycles. The Labute approximate surface area is 152 Å². The molecule has 1 unspecified atom stereocenters. The van der Waals surface area contributed by atoms with Crippen LogP contribution in [0.4, 0.5) is 26.3 Å². The molecule has 1 N–H and O–H groups in total. The van der Waals surface area contributed by atoms with E-state index in [0.29, 0.717) is 12.8 Å². The largest absolute Gasteiger partial charge is 0.471 e. The van der Waals surface area contributed by atoms with E-state index in [1.54, 1.807) is 12.2 Å². The fourth-order valence-electron chi connectivity index (χ4n) is 1.99. The highest BCUT2D eigenvalue weighted by atomic mass is 19.4. The lowest BCUT2D eigenvalue weighted by Crippen LogP contribution is -2.48. The molecule has 0 aromatic carbocycles. The van der Waals surface area contributed by atoms with E-state index >= 15 is 0 Å². The number of amides is 2. The number of alkyl halides is 6. The molecular formula is C15H22F6N2O4. The van der Waals surface area contributed by atoms with Crippen molar-refractivity contribution in [2.45, 2.75) is 57.4 Å². The molecule has 27 heavy (non-hydrogen) atoms. The van der Waals surface area contributed by atoms with E-state index in [2.05, 4.69) is 0 Å². The summed E-state index contributed by atoms with van der Waals surface area (Å²) in [5, 5.41) is 1.60. The van der Waals surface area contributed by atoms with Crippen LogP contribution in [0.5, 0.6) is 0 Å². The molecule has 0 radical (unpaired) electrons. The summed E-state index contributed by atoms with van der Waals surface area (Å²) in [4.78, 5) is 34.2. The number of esters is 1. The van der Waals surface area contributed by atoms with Gasteiger partial charge in [0.25, 0.3) is 0 Å². The van der Waals surface area contributed by atoms with Gasteiger partial charge in [0, 0.05) is 13.6 Å². The van der Waals surface area contributed by atoms with E-state index in [9.17, 15) is 40.7 Å². The molecule has 0 spiro atoms. The summed E-state index contributed by atoms with van der Waals surface area (Å²) < 4.78 is 78.6. The Morgan fingerprint density at radius 3 is 2.07 bits per heavy atom. The molecule has 0 aliphatic rings. The van der Waals surface area contributed by atoms with Crippen LogP contribution in [0.1, 0.15) is 39.0 Å². The van der Waals surface area contributed by atoms with Crippen LogP contribution in [0.25, 0.3) is 0 Å². The maximum atomic E-state index is 12.6. The summed E-state index contributed by atoms with van der Waals surface area (Å²) in [6, 6.07) is -1.53. The molecule has 6 nitrogen and oxygen atoms in total. The van der Waals surface area contributed by atoms with Gasteiger partial charge in [-0.05, 0) is 25.7 Å². The summed E-state index contributed by atoms with van der Waals surface area (Å²) in [6.07, 6.45) is -9.36. The van der Waals surface area contributed by atoms with Gasteiger partial charge in [0.1, 0.15) is 6.04 Å². The minimum Gasteiger partial charge on any atom is -0.464 e. The molecule has 0 aliphatic carbocycles. The molecule has 0 aromatic heterocycles. The summed E-state index contributed by atoms with van der Waals surface area (Å²) in [7, 11) is 0.799. The maximum absolute atomic E-state index is 12.6. The van der Waals surface area contributed by atoms with Gasteiger partial charge in [0.05, 0.1) is 6.61 Å². The van der Waals surface area contributed by atoms with Crippen molar-refractivity contribution < 1.29 is 45.5 Å². The number of unbranched alkanes of at least 4 members (excludes halogenated alkanes) is 2.